The van der Waals surface area contributed by atoms with Crippen LogP contribution >= 0.6 is 11.6 Å². The van der Waals surface area contributed by atoms with Crippen molar-refractivity contribution in [2.24, 2.45) is 0 Å². The van der Waals surface area contributed by atoms with Crippen molar-refractivity contribution in [3.05, 3.63) is 45.0 Å². The van der Waals surface area contributed by atoms with Crippen LogP contribution < -0.4 is 5.32 Å². The van der Waals surface area contributed by atoms with E-state index in [0.29, 0.717) is 0 Å². The van der Waals surface area contributed by atoms with Crippen molar-refractivity contribution < 1.29 is 19.2 Å². The molecule has 1 rings (SSSR count). The van der Waals surface area contributed by atoms with E-state index in [-0.39, 0.29) is 16.4 Å². The van der Waals surface area contributed by atoms with Gasteiger partial charge in [0, 0.05) is 18.2 Å². The summed E-state index contributed by atoms with van der Waals surface area (Å²) in [6.07, 6.45) is 0.183. The SMILES string of the molecule is CC(C)=CC(=O)OC(C)C(=O)Nc1cc([N+](=O)[O-])ccc1Cl. The lowest BCUT2D eigenvalue weighted by Gasteiger charge is -2.13. The number of non-ortho nitro benzene ring substituents is 1. The van der Waals surface area contributed by atoms with Crippen LogP contribution in [-0.2, 0) is 14.3 Å². The number of nitrogens with zero attached hydrogens (tertiary/aromatic N) is 1. The molecule has 1 atom stereocenters. The number of halogens is 1. The number of rotatable bonds is 5. The molecule has 1 aromatic carbocycles. The van der Waals surface area contributed by atoms with Crippen molar-refractivity contribution >= 4 is 34.9 Å². The van der Waals surface area contributed by atoms with Crippen molar-refractivity contribution in [2.45, 2.75) is 26.9 Å². The number of amides is 1. The Morgan fingerprint density at radius 3 is 2.59 bits per heavy atom. The van der Waals surface area contributed by atoms with Crippen LogP contribution in [0.5, 0.6) is 0 Å². The molecule has 7 nitrogen and oxygen atoms in total. The van der Waals surface area contributed by atoms with Crippen LogP contribution in [-0.4, -0.2) is 22.9 Å². The van der Waals surface area contributed by atoms with Crippen LogP contribution in [0.1, 0.15) is 20.8 Å². The van der Waals surface area contributed by atoms with Gasteiger partial charge in [0.2, 0.25) is 0 Å². The van der Waals surface area contributed by atoms with E-state index in [1.54, 1.807) is 13.8 Å². The summed E-state index contributed by atoms with van der Waals surface area (Å²) in [6, 6.07) is 3.65. The maximum atomic E-state index is 11.9. The van der Waals surface area contributed by atoms with Crippen molar-refractivity contribution in [2.75, 3.05) is 5.32 Å². The summed E-state index contributed by atoms with van der Waals surface area (Å²) in [5, 5.41) is 13.2. The Morgan fingerprint density at radius 1 is 1.41 bits per heavy atom. The molecule has 1 unspecified atom stereocenters. The molecule has 0 spiro atoms. The smallest absolute Gasteiger partial charge is 0.331 e. The molecule has 0 saturated heterocycles. The highest BCUT2D eigenvalue weighted by atomic mass is 35.5. The third kappa shape index (κ3) is 5.17. The van der Waals surface area contributed by atoms with Gasteiger partial charge in [-0.15, -0.1) is 0 Å². The second-order valence-corrected chi connectivity index (χ2v) is 5.12. The molecule has 0 aliphatic rings. The van der Waals surface area contributed by atoms with E-state index in [1.807, 2.05) is 0 Å². The van der Waals surface area contributed by atoms with Gasteiger partial charge in [-0.1, -0.05) is 17.2 Å². The summed E-state index contributed by atoms with van der Waals surface area (Å²) in [5.74, 6) is -1.29. The van der Waals surface area contributed by atoms with Gasteiger partial charge in [-0.3, -0.25) is 14.9 Å². The predicted octanol–water partition coefficient (Wildman–Crippen LogP) is 3.08. The van der Waals surface area contributed by atoms with E-state index in [2.05, 4.69) is 5.32 Å². The number of benzene rings is 1. The molecule has 0 heterocycles. The van der Waals surface area contributed by atoms with Gasteiger partial charge in [-0.25, -0.2) is 4.79 Å². The fourth-order valence-corrected chi connectivity index (χ4v) is 1.62. The van der Waals surface area contributed by atoms with Gasteiger partial charge in [0.25, 0.3) is 11.6 Å². The zero-order chi connectivity index (χ0) is 16.9. The second-order valence-electron chi connectivity index (χ2n) is 4.71. The lowest BCUT2D eigenvalue weighted by molar-refractivity contribution is -0.384. The number of hydrogen-bond donors (Lipinski definition) is 1. The van der Waals surface area contributed by atoms with Gasteiger partial charge in [-0.2, -0.15) is 0 Å². The number of ether oxygens (including phenoxy) is 1. The molecular weight excluding hydrogens is 312 g/mol. The number of esters is 1. The van der Waals surface area contributed by atoms with Crippen molar-refractivity contribution in [1.29, 1.82) is 0 Å². The van der Waals surface area contributed by atoms with Crippen LogP contribution in [0.3, 0.4) is 0 Å². The van der Waals surface area contributed by atoms with Crippen LogP contribution in [0.2, 0.25) is 5.02 Å². The number of anilines is 1. The monoisotopic (exact) mass is 326 g/mol. The van der Waals surface area contributed by atoms with Gasteiger partial charge in [0.15, 0.2) is 6.10 Å². The third-order valence-electron chi connectivity index (χ3n) is 2.49. The normalized spacial score (nSPS) is 11.3. The van der Waals surface area contributed by atoms with Gasteiger partial charge in [0.1, 0.15) is 0 Å². The summed E-state index contributed by atoms with van der Waals surface area (Å²) in [6.45, 7) is 4.82. The van der Waals surface area contributed by atoms with Gasteiger partial charge in [-0.05, 0) is 26.8 Å². The lowest BCUT2D eigenvalue weighted by atomic mass is 10.2. The maximum absolute atomic E-state index is 11.9. The summed E-state index contributed by atoms with van der Waals surface area (Å²) >= 11 is 5.87. The Morgan fingerprint density at radius 2 is 2.05 bits per heavy atom. The molecule has 1 amide bonds. The molecule has 0 aliphatic carbocycles. The summed E-state index contributed by atoms with van der Waals surface area (Å²) < 4.78 is 4.91. The van der Waals surface area contributed by atoms with Crippen molar-refractivity contribution in [3.8, 4) is 0 Å². The van der Waals surface area contributed by atoms with E-state index >= 15 is 0 Å². The summed E-state index contributed by atoms with van der Waals surface area (Å²) in [5.41, 5.74) is 0.596. The van der Waals surface area contributed by atoms with E-state index in [9.17, 15) is 19.7 Å². The van der Waals surface area contributed by atoms with E-state index in [4.69, 9.17) is 16.3 Å². The van der Waals surface area contributed by atoms with Crippen LogP contribution in [0.4, 0.5) is 11.4 Å². The zero-order valence-electron chi connectivity index (χ0n) is 12.3. The molecule has 8 heteroatoms. The minimum Gasteiger partial charge on any atom is -0.449 e. The number of carbonyl (C=O) groups excluding carboxylic acids is 2. The Bertz CT molecular complexity index is 638. The first-order valence-electron chi connectivity index (χ1n) is 6.31. The lowest BCUT2D eigenvalue weighted by Crippen LogP contribution is -2.29. The minimum absolute atomic E-state index is 0.0750. The quantitative estimate of drug-likeness (QED) is 0.388. The Labute approximate surface area is 132 Å². The highest BCUT2D eigenvalue weighted by Crippen LogP contribution is 2.26. The molecule has 0 aliphatic heterocycles. The molecule has 118 valence electrons. The second kappa shape index (κ2) is 7.56. The van der Waals surface area contributed by atoms with E-state index < -0.39 is 22.9 Å². The topological polar surface area (TPSA) is 98.5 Å². The molecule has 0 radical (unpaired) electrons. The average molecular weight is 327 g/mol. The fraction of sp³-hybridized carbons (Fsp3) is 0.286. The van der Waals surface area contributed by atoms with Gasteiger partial charge in [0.05, 0.1) is 15.6 Å². The van der Waals surface area contributed by atoms with Crippen LogP contribution in [0.25, 0.3) is 0 Å². The number of carbonyl (C=O) groups is 2. The molecular formula is C14H15ClN2O5. The highest BCUT2D eigenvalue weighted by molar-refractivity contribution is 6.33. The zero-order valence-corrected chi connectivity index (χ0v) is 13.0. The number of allylic oxidation sites excluding steroid dienone is 1. The van der Waals surface area contributed by atoms with Gasteiger partial charge >= 0.3 is 5.97 Å². The molecule has 0 fully saturated rings. The fourth-order valence-electron chi connectivity index (χ4n) is 1.45. The molecule has 0 saturated carbocycles. The predicted molar refractivity (Wildman–Crippen MR) is 81.7 cm³/mol. The number of nitro groups is 1. The first-order chi connectivity index (χ1) is 10.2. The number of nitro benzene ring substituents is 1. The maximum Gasteiger partial charge on any atom is 0.331 e. The third-order valence-corrected chi connectivity index (χ3v) is 2.82. The first-order valence-corrected chi connectivity index (χ1v) is 6.69. The van der Waals surface area contributed by atoms with Crippen molar-refractivity contribution in [3.63, 3.8) is 0 Å². The highest BCUT2D eigenvalue weighted by Gasteiger charge is 2.19. The summed E-state index contributed by atoms with van der Waals surface area (Å²) in [4.78, 5) is 33.5. The minimum atomic E-state index is -1.07. The largest absolute Gasteiger partial charge is 0.449 e. The number of nitrogens with one attached hydrogen (secondary N) is 1. The molecule has 1 N–H and O–H groups in total. The number of hydrogen-bond acceptors (Lipinski definition) is 5. The average Bonchev–Trinajstić information content (AvgIpc) is 2.39. The summed E-state index contributed by atoms with van der Waals surface area (Å²) in [7, 11) is 0. The molecule has 1 aromatic rings. The standard InChI is InChI=1S/C14H15ClN2O5/c1-8(2)6-13(18)22-9(3)14(19)16-12-7-10(17(20)21)4-5-11(12)15/h4-7,9H,1-3H3,(H,16,19). The van der Waals surface area contributed by atoms with Crippen molar-refractivity contribution in [1.82, 2.24) is 0 Å². The van der Waals surface area contributed by atoms with Crippen LogP contribution in [0, 0.1) is 10.1 Å². The van der Waals surface area contributed by atoms with Gasteiger partial charge < -0.3 is 10.1 Å². The molecule has 0 aromatic heterocycles. The van der Waals surface area contributed by atoms with E-state index in [0.717, 1.165) is 11.6 Å². The Balaban J connectivity index is 2.80. The van der Waals surface area contributed by atoms with E-state index in [1.165, 1.54) is 25.1 Å². The molecule has 0 bridgehead atoms. The van der Waals surface area contributed by atoms with Crippen LogP contribution in [0.15, 0.2) is 29.8 Å². The Kier molecular flexibility index (Phi) is 6.06. The Hall–Kier alpha value is -2.41. The molecule has 22 heavy (non-hydrogen) atoms. The first kappa shape index (κ1) is 17.6.